The maximum absolute atomic E-state index is 5.50. The van der Waals surface area contributed by atoms with Crippen molar-refractivity contribution in [1.82, 2.24) is 19.9 Å². The van der Waals surface area contributed by atoms with E-state index in [1.54, 1.807) is 12.7 Å². The lowest BCUT2D eigenvalue weighted by molar-refractivity contribution is 0.173. The SMILES string of the molecule is c1nc(NCCCCCCCCCNc2ncnc3cc4c(cc23)OCO4)c2cc3c(cc2n1)OCO3. The van der Waals surface area contributed by atoms with E-state index in [1.165, 1.54) is 32.1 Å². The summed E-state index contributed by atoms with van der Waals surface area (Å²) in [7, 11) is 0. The van der Waals surface area contributed by atoms with E-state index in [-0.39, 0.29) is 13.6 Å². The van der Waals surface area contributed by atoms with E-state index in [0.717, 1.165) is 82.4 Å². The smallest absolute Gasteiger partial charge is 0.231 e. The van der Waals surface area contributed by atoms with Gasteiger partial charge in [-0.15, -0.1) is 0 Å². The number of hydrogen-bond donors (Lipinski definition) is 2. The number of rotatable bonds is 12. The van der Waals surface area contributed by atoms with Crippen LogP contribution in [0.4, 0.5) is 11.6 Å². The number of nitrogens with zero attached hydrogens (tertiary/aromatic N) is 4. The van der Waals surface area contributed by atoms with Gasteiger partial charge >= 0.3 is 0 Å². The third-order valence-corrected chi connectivity index (χ3v) is 6.70. The lowest BCUT2D eigenvalue weighted by Crippen LogP contribution is -2.05. The van der Waals surface area contributed by atoms with Gasteiger partial charge in [0, 0.05) is 36.0 Å². The van der Waals surface area contributed by atoms with Crippen LogP contribution in [0.3, 0.4) is 0 Å². The lowest BCUT2D eigenvalue weighted by Gasteiger charge is -2.09. The molecule has 10 nitrogen and oxygen atoms in total. The molecular formula is C27H30N6O4. The first-order valence-corrected chi connectivity index (χ1v) is 12.9. The fraction of sp³-hybridized carbons (Fsp3) is 0.407. The number of ether oxygens (including phenoxy) is 4. The number of benzene rings is 2. The summed E-state index contributed by atoms with van der Waals surface area (Å²) >= 11 is 0. The van der Waals surface area contributed by atoms with Crippen LogP contribution in [-0.2, 0) is 0 Å². The highest BCUT2D eigenvalue weighted by atomic mass is 16.7. The van der Waals surface area contributed by atoms with Gasteiger partial charge in [-0.2, -0.15) is 0 Å². The molecule has 0 spiro atoms. The molecular weight excluding hydrogens is 472 g/mol. The Kier molecular flexibility index (Phi) is 6.87. The number of anilines is 2. The molecule has 2 N–H and O–H groups in total. The van der Waals surface area contributed by atoms with Gasteiger partial charge in [-0.05, 0) is 25.0 Å². The van der Waals surface area contributed by atoms with E-state index < -0.39 is 0 Å². The minimum Gasteiger partial charge on any atom is -0.454 e. The molecule has 0 aliphatic carbocycles. The third kappa shape index (κ3) is 5.23. The zero-order valence-electron chi connectivity index (χ0n) is 20.7. The second kappa shape index (κ2) is 10.9. The maximum Gasteiger partial charge on any atom is 0.231 e. The Morgan fingerprint density at radius 3 is 1.38 bits per heavy atom. The summed E-state index contributed by atoms with van der Waals surface area (Å²) in [4.78, 5) is 17.5. The zero-order chi connectivity index (χ0) is 24.9. The highest BCUT2D eigenvalue weighted by Gasteiger charge is 2.17. The molecule has 0 fully saturated rings. The maximum atomic E-state index is 5.50. The molecule has 0 saturated heterocycles. The average Bonchev–Trinajstić information content (AvgIpc) is 3.58. The average molecular weight is 503 g/mol. The van der Waals surface area contributed by atoms with Crippen molar-refractivity contribution in [3.8, 4) is 23.0 Å². The second-order valence-corrected chi connectivity index (χ2v) is 9.22. The number of fused-ring (bicyclic) bond motifs is 4. The Balaban J connectivity index is 0.865. The third-order valence-electron chi connectivity index (χ3n) is 6.70. The van der Waals surface area contributed by atoms with Crippen LogP contribution in [0.15, 0.2) is 36.9 Å². The molecule has 0 atom stereocenters. The minimum atomic E-state index is 0.255. The van der Waals surface area contributed by atoms with Gasteiger partial charge in [-0.1, -0.05) is 32.1 Å². The van der Waals surface area contributed by atoms with E-state index >= 15 is 0 Å². The molecule has 4 aromatic rings. The summed E-state index contributed by atoms with van der Waals surface area (Å²) in [6, 6.07) is 7.73. The summed E-state index contributed by atoms with van der Waals surface area (Å²) < 4.78 is 21.9. The molecule has 2 aromatic heterocycles. The van der Waals surface area contributed by atoms with Crippen LogP contribution in [0.1, 0.15) is 44.9 Å². The minimum absolute atomic E-state index is 0.255. The first-order valence-electron chi connectivity index (χ1n) is 12.9. The fourth-order valence-corrected chi connectivity index (χ4v) is 4.72. The molecule has 10 heteroatoms. The van der Waals surface area contributed by atoms with E-state index in [2.05, 4.69) is 30.6 Å². The van der Waals surface area contributed by atoms with Crippen molar-refractivity contribution in [2.75, 3.05) is 37.3 Å². The Labute approximate surface area is 214 Å². The van der Waals surface area contributed by atoms with Crippen LogP contribution < -0.4 is 29.6 Å². The molecule has 4 heterocycles. The molecule has 6 rings (SSSR count). The number of unbranched alkanes of at least 4 members (excludes halogenated alkanes) is 6. The van der Waals surface area contributed by atoms with E-state index in [0.29, 0.717) is 0 Å². The van der Waals surface area contributed by atoms with E-state index in [4.69, 9.17) is 18.9 Å². The van der Waals surface area contributed by atoms with Crippen LogP contribution >= 0.6 is 0 Å². The highest BCUT2D eigenvalue weighted by Crippen LogP contribution is 2.38. The van der Waals surface area contributed by atoms with Crippen molar-refractivity contribution in [3.63, 3.8) is 0 Å². The standard InChI is InChI=1S/C27H30N6O4/c1(2-4-6-8-28-26-18-10-22-24(36-16-34-22)12-20(18)30-14-32-26)3-5-7-9-29-27-19-11-23-25(37-17-35-23)13-21(19)31-15-33-27/h10-15H,1-9,16-17H2,(H,28,30,32)(H,29,31,33). The topological polar surface area (TPSA) is 113 Å². The molecule has 2 aromatic carbocycles. The molecule has 0 amide bonds. The van der Waals surface area contributed by atoms with Gasteiger partial charge in [-0.3, -0.25) is 0 Å². The van der Waals surface area contributed by atoms with Crippen LogP contribution in [0.2, 0.25) is 0 Å². The monoisotopic (exact) mass is 502 g/mol. The number of nitrogens with one attached hydrogen (secondary N) is 2. The zero-order valence-corrected chi connectivity index (χ0v) is 20.7. The van der Waals surface area contributed by atoms with Crippen molar-refractivity contribution in [1.29, 1.82) is 0 Å². The summed E-state index contributed by atoms with van der Waals surface area (Å²) in [5.74, 6) is 4.67. The van der Waals surface area contributed by atoms with Gasteiger partial charge < -0.3 is 29.6 Å². The largest absolute Gasteiger partial charge is 0.454 e. The first-order chi connectivity index (χ1) is 18.3. The van der Waals surface area contributed by atoms with Gasteiger partial charge in [0.2, 0.25) is 13.6 Å². The van der Waals surface area contributed by atoms with Crippen molar-refractivity contribution in [2.45, 2.75) is 44.9 Å². The summed E-state index contributed by atoms with van der Waals surface area (Å²) in [6.07, 6.45) is 11.5. The second-order valence-electron chi connectivity index (χ2n) is 9.22. The summed E-state index contributed by atoms with van der Waals surface area (Å²) in [6.45, 7) is 2.28. The van der Waals surface area contributed by atoms with Crippen LogP contribution in [0, 0.1) is 0 Å². The first kappa shape index (κ1) is 23.3. The van der Waals surface area contributed by atoms with Gasteiger partial charge in [0.1, 0.15) is 24.3 Å². The fourth-order valence-electron chi connectivity index (χ4n) is 4.72. The van der Waals surface area contributed by atoms with Gasteiger partial charge in [0.05, 0.1) is 11.0 Å². The lowest BCUT2D eigenvalue weighted by atomic mass is 10.1. The molecule has 0 bridgehead atoms. The van der Waals surface area contributed by atoms with E-state index in [1.807, 2.05) is 24.3 Å². The molecule has 37 heavy (non-hydrogen) atoms. The molecule has 0 saturated carbocycles. The highest BCUT2D eigenvalue weighted by molar-refractivity contribution is 5.92. The summed E-state index contributed by atoms with van der Waals surface area (Å²) in [5, 5.41) is 8.84. The summed E-state index contributed by atoms with van der Waals surface area (Å²) in [5.41, 5.74) is 1.72. The quantitative estimate of drug-likeness (QED) is 0.248. The Bertz CT molecular complexity index is 1290. The van der Waals surface area contributed by atoms with Crippen LogP contribution in [0.5, 0.6) is 23.0 Å². The molecule has 2 aliphatic heterocycles. The van der Waals surface area contributed by atoms with Crippen molar-refractivity contribution < 1.29 is 18.9 Å². The van der Waals surface area contributed by atoms with Crippen LogP contribution in [-0.4, -0.2) is 46.6 Å². The van der Waals surface area contributed by atoms with Gasteiger partial charge in [-0.25, -0.2) is 19.9 Å². The van der Waals surface area contributed by atoms with E-state index in [9.17, 15) is 0 Å². The van der Waals surface area contributed by atoms with Gasteiger partial charge in [0.25, 0.3) is 0 Å². The molecule has 2 aliphatic rings. The normalized spacial score (nSPS) is 13.4. The molecule has 0 radical (unpaired) electrons. The van der Waals surface area contributed by atoms with Crippen molar-refractivity contribution in [3.05, 3.63) is 36.9 Å². The molecule has 192 valence electrons. The van der Waals surface area contributed by atoms with Crippen molar-refractivity contribution in [2.24, 2.45) is 0 Å². The molecule has 0 unspecified atom stereocenters. The Morgan fingerprint density at radius 1 is 0.514 bits per heavy atom. The van der Waals surface area contributed by atoms with Crippen LogP contribution in [0.25, 0.3) is 21.8 Å². The predicted molar refractivity (Wildman–Crippen MR) is 141 cm³/mol. The van der Waals surface area contributed by atoms with Gasteiger partial charge in [0.15, 0.2) is 23.0 Å². The number of hydrogen-bond acceptors (Lipinski definition) is 10. The Morgan fingerprint density at radius 2 is 0.919 bits per heavy atom. The number of aromatic nitrogens is 4. The van der Waals surface area contributed by atoms with Crippen molar-refractivity contribution >= 4 is 33.4 Å². The Hall–Kier alpha value is -4.08. The predicted octanol–water partition coefficient (Wildman–Crippen LogP) is 5.29.